The summed E-state index contributed by atoms with van der Waals surface area (Å²) >= 11 is 0. The van der Waals surface area contributed by atoms with Crippen molar-refractivity contribution in [3.05, 3.63) is 42.6 Å². The number of ether oxygens (including phenoxy) is 2. The summed E-state index contributed by atoms with van der Waals surface area (Å²) in [5.41, 5.74) is 0.509. The molecule has 0 saturated carbocycles. The number of nitrogens with one attached hydrogen (secondary N) is 1. The molecule has 0 bridgehead atoms. The van der Waals surface area contributed by atoms with Crippen LogP contribution in [-0.2, 0) is 0 Å². The number of nitrogens with zero attached hydrogens (tertiary/aromatic N) is 3. The number of pyridine rings is 1. The second-order valence-corrected chi connectivity index (χ2v) is 6.62. The number of amides is 2. The van der Waals surface area contributed by atoms with E-state index in [1.54, 1.807) is 54.6 Å². The van der Waals surface area contributed by atoms with Gasteiger partial charge in [-0.1, -0.05) is 0 Å². The monoisotopic (exact) mass is 386 g/mol. The maximum absolute atomic E-state index is 12.6. The Morgan fingerprint density at radius 3 is 2.50 bits per heavy atom. The molecule has 2 heterocycles. The fraction of sp³-hybridized carbons (Fsp3) is 0.400. The molecule has 0 aliphatic carbocycles. The summed E-state index contributed by atoms with van der Waals surface area (Å²) in [6, 6.07) is 10.6. The fourth-order valence-electron chi connectivity index (χ4n) is 3.00. The van der Waals surface area contributed by atoms with Crippen molar-refractivity contribution in [2.24, 2.45) is 0 Å². The first kappa shape index (κ1) is 19.9. The lowest BCUT2D eigenvalue weighted by Gasteiger charge is -2.37. The summed E-state index contributed by atoms with van der Waals surface area (Å²) in [4.78, 5) is 20.8. The molecular weight excluding hydrogens is 360 g/mol. The number of aliphatic hydroxyl groups is 1. The summed E-state index contributed by atoms with van der Waals surface area (Å²) in [5.74, 6) is 1.66. The molecule has 3 rings (SSSR count). The zero-order valence-corrected chi connectivity index (χ0v) is 16.2. The molecule has 1 aliphatic heterocycles. The number of urea groups is 1. The Morgan fingerprint density at radius 1 is 1.18 bits per heavy atom. The van der Waals surface area contributed by atoms with Gasteiger partial charge in [0, 0.05) is 38.4 Å². The molecule has 0 spiro atoms. The van der Waals surface area contributed by atoms with Crippen molar-refractivity contribution in [3.8, 4) is 17.4 Å². The lowest BCUT2D eigenvalue weighted by Crippen LogP contribution is -2.53. The van der Waals surface area contributed by atoms with Crippen molar-refractivity contribution in [1.29, 1.82) is 0 Å². The Kier molecular flexibility index (Phi) is 6.67. The first-order valence-corrected chi connectivity index (χ1v) is 9.28. The predicted octanol–water partition coefficient (Wildman–Crippen LogP) is 2.41. The minimum atomic E-state index is -0.191. The van der Waals surface area contributed by atoms with Crippen LogP contribution in [0.1, 0.15) is 6.92 Å². The molecular formula is C20H26N4O4. The summed E-state index contributed by atoms with van der Waals surface area (Å²) in [7, 11) is 1.60. The van der Waals surface area contributed by atoms with E-state index in [2.05, 4.69) is 15.2 Å². The lowest BCUT2D eigenvalue weighted by atomic mass is 10.2. The van der Waals surface area contributed by atoms with Crippen LogP contribution in [0.2, 0.25) is 0 Å². The third-order valence-electron chi connectivity index (χ3n) is 4.78. The van der Waals surface area contributed by atoms with E-state index >= 15 is 0 Å². The molecule has 1 atom stereocenters. The van der Waals surface area contributed by atoms with Crippen LogP contribution in [0.25, 0.3) is 0 Å². The third-order valence-corrected chi connectivity index (χ3v) is 4.78. The smallest absolute Gasteiger partial charge is 0.322 e. The number of rotatable bonds is 6. The molecule has 1 saturated heterocycles. The number of aliphatic hydroxyl groups excluding tert-OH is 1. The molecule has 28 heavy (non-hydrogen) atoms. The molecule has 2 aromatic rings. The molecule has 1 fully saturated rings. The molecule has 1 aromatic carbocycles. The van der Waals surface area contributed by atoms with Gasteiger partial charge in [0.1, 0.15) is 17.2 Å². The van der Waals surface area contributed by atoms with Gasteiger partial charge in [-0.25, -0.2) is 9.78 Å². The Bertz CT molecular complexity index is 776. The van der Waals surface area contributed by atoms with E-state index in [4.69, 9.17) is 9.47 Å². The van der Waals surface area contributed by atoms with Gasteiger partial charge in [0.15, 0.2) is 0 Å². The highest BCUT2D eigenvalue weighted by Crippen LogP contribution is 2.28. The van der Waals surface area contributed by atoms with E-state index < -0.39 is 0 Å². The normalized spacial score (nSPS) is 15.8. The number of anilines is 1. The van der Waals surface area contributed by atoms with Crippen LogP contribution in [0.5, 0.6) is 17.4 Å². The molecule has 0 radical (unpaired) electrons. The zero-order valence-electron chi connectivity index (χ0n) is 16.2. The highest BCUT2D eigenvalue weighted by atomic mass is 16.5. The van der Waals surface area contributed by atoms with Gasteiger partial charge in [-0.3, -0.25) is 4.90 Å². The largest absolute Gasteiger partial charge is 0.497 e. The van der Waals surface area contributed by atoms with Gasteiger partial charge in [-0.15, -0.1) is 0 Å². The number of hydrogen-bond donors (Lipinski definition) is 2. The summed E-state index contributed by atoms with van der Waals surface area (Å²) in [6.07, 6.45) is 1.61. The molecule has 1 aromatic heterocycles. The number of benzene rings is 1. The maximum Gasteiger partial charge on any atom is 0.322 e. The van der Waals surface area contributed by atoms with Crippen LogP contribution in [0.4, 0.5) is 10.5 Å². The molecule has 2 amide bonds. The van der Waals surface area contributed by atoms with E-state index in [9.17, 15) is 9.90 Å². The minimum absolute atomic E-state index is 0.105. The van der Waals surface area contributed by atoms with Crippen LogP contribution in [0, 0.1) is 0 Å². The number of hydrogen-bond acceptors (Lipinski definition) is 6. The Morgan fingerprint density at radius 2 is 1.86 bits per heavy atom. The van der Waals surface area contributed by atoms with Crippen LogP contribution >= 0.6 is 0 Å². The number of piperazine rings is 1. The van der Waals surface area contributed by atoms with E-state index in [1.807, 2.05) is 6.92 Å². The quantitative estimate of drug-likeness (QED) is 0.793. The number of methoxy groups -OCH3 is 1. The van der Waals surface area contributed by atoms with Crippen LogP contribution in [0.15, 0.2) is 42.6 Å². The molecule has 2 N–H and O–H groups in total. The van der Waals surface area contributed by atoms with Gasteiger partial charge < -0.3 is 24.8 Å². The van der Waals surface area contributed by atoms with Gasteiger partial charge in [0.05, 0.1) is 13.7 Å². The highest BCUT2D eigenvalue weighted by molar-refractivity contribution is 5.90. The lowest BCUT2D eigenvalue weighted by molar-refractivity contribution is 0.0870. The topological polar surface area (TPSA) is 87.2 Å². The Balaban J connectivity index is 1.62. The van der Waals surface area contributed by atoms with Gasteiger partial charge in [0.2, 0.25) is 5.88 Å². The standard InChI is InChI=1S/C20H26N4O4/c1-15(14-25)23-10-12-24(13-11-23)20(26)22-18-4-3-9-21-19(18)28-17-7-5-16(27-2)6-8-17/h3-9,15,25H,10-14H2,1-2H3,(H,22,26)/t15-/m0/s1. The first-order valence-electron chi connectivity index (χ1n) is 9.28. The van der Waals surface area contributed by atoms with Crippen molar-refractivity contribution < 1.29 is 19.4 Å². The third kappa shape index (κ3) is 4.90. The number of aromatic nitrogens is 1. The number of carbonyl (C=O) groups excluding carboxylic acids is 1. The Labute approximate surface area is 164 Å². The fourth-order valence-corrected chi connectivity index (χ4v) is 3.00. The summed E-state index contributed by atoms with van der Waals surface area (Å²) < 4.78 is 11.0. The molecule has 8 nitrogen and oxygen atoms in total. The van der Waals surface area contributed by atoms with E-state index in [1.165, 1.54) is 0 Å². The van der Waals surface area contributed by atoms with Crippen LogP contribution in [0.3, 0.4) is 0 Å². The van der Waals surface area contributed by atoms with Crippen molar-refractivity contribution in [1.82, 2.24) is 14.8 Å². The van der Waals surface area contributed by atoms with Crippen LogP contribution in [-0.4, -0.2) is 71.9 Å². The van der Waals surface area contributed by atoms with Crippen molar-refractivity contribution >= 4 is 11.7 Å². The van der Waals surface area contributed by atoms with Gasteiger partial charge >= 0.3 is 6.03 Å². The van der Waals surface area contributed by atoms with E-state index in [-0.39, 0.29) is 18.7 Å². The van der Waals surface area contributed by atoms with Gasteiger partial charge in [-0.2, -0.15) is 0 Å². The molecule has 1 aliphatic rings. The number of carbonyl (C=O) groups is 1. The Hall–Kier alpha value is -2.84. The second kappa shape index (κ2) is 9.38. The van der Waals surface area contributed by atoms with Crippen molar-refractivity contribution in [2.45, 2.75) is 13.0 Å². The van der Waals surface area contributed by atoms with Gasteiger partial charge in [0.25, 0.3) is 0 Å². The summed E-state index contributed by atoms with van der Waals surface area (Å²) in [6.45, 7) is 4.77. The first-order chi connectivity index (χ1) is 13.6. The van der Waals surface area contributed by atoms with Crippen molar-refractivity contribution in [3.63, 3.8) is 0 Å². The second-order valence-electron chi connectivity index (χ2n) is 6.62. The molecule has 0 unspecified atom stereocenters. The average Bonchev–Trinajstić information content (AvgIpc) is 2.75. The van der Waals surface area contributed by atoms with Gasteiger partial charge in [-0.05, 0) is 43.3 Å². The maximum atomic E-state index is 12.6. The molecule has 150 valence electrons. The average molecular weight is 386 g/mol. The minimum Gasteiger partial charge on any atom is -0.497 e. The molecule has 8 heteroatoms. The van der Waals surface area contributed by atoms with E-state index in [0.717, 1.165) is 18.8 Å². The van der Waals surface area contributed by atoms with Crippen molar-refractivity contribution in [2.75, 3.05) is 45.2 Å². The van der Waals surface area contributed by atoms with E-state index in [0.29, 0.717) is 30.4 Å². The zero-order chi connectivity index (χ0) is 19.9. The van der Waals surface area contributed by atoms with Crippen LogP contribution < -0.4 is 14.8 Å². The predicted molar refractivity (Wildman–Crippen MR) is 106 cm³/mol. The SMILES string of the molecule is COc1ccc(Oc2ncccc2NC(=O)N2CCN([C@@H](C)CO)CC2)cc1. The highest BCUT2D eigenvalue weighted by Gasteiger charge is 2.24. The summed E-state index contributed by atoms with van der Waals surface area (Å²) in [5, 5.41) is 12.2.